The van der Waals surface area contributed by atoms with Crippen molar-refractivity contribution in [1.29, 1.82) is 0 Å². The number of nitrogens with one attached hydrogen (secondary N) is 1. The first-order chi connectivity index (χ1) is 10.1. The molecule has 1 amide bonds. The number of oxazole rings is 1. The highest BCUT2D eigenvalue weighted by molar-refractivity contribution is 5.78. The first-order valence-electron chi connectivity index (χ1n) is 7.05. The monoisotopic (exact) mass is 292 g/mol. The van der Waals surface area contributed by atoms with Crippen molar-refractivity contribution in [2.45, 2.75) is 39.2 Å². The minimum Gasteiger partial charge on any atom is -0.459 e. The Kier molecular flexibility index (Phi) is 5.16. The summed E-state index contributed by atoms with van der Waals surface area (Å²) >= 11 is 0. The molecule has 0 aliphatic carbocycles. The smallest absolute Gasteiger partial charge is 0.263 e. The second kappa shape index (κ2) is 7.08. The van der Waals surface area contributed by atoms with E-state index in [1.54, 1.807) is 25.3 Å². The number of aromatic nitrogens is 1. The summed E-state index contributed by atoms with van der Waals surface area (Å²) in [5.74, 6) is 1.38. The van der Waals surface area contributed by atoms with Crippen LogP contribution in [-0.4, -0.2) is 28.6 Å². The lowest BCUT2D eigenvalue weighted by molar-refractivity contribution is -0.120. The summed E-state index contributed by atoms with van der Waals surface area (Å²) in [6, 6.07) is 3.50. The predicted molar refractivity (Wildman–Crippen MR) is 76.6 cm³/mol. The third-order valence-corrected chi connectivity index (χ3v) is 3.22. The molecule has 0 bridgehead atoms. The first kappa shape index (κ1) is 15.3. The van der Waals surface area contributed by atoms with E-state index in [0.29, 0.717) is 42.5 Å². The second-order valence-electron chi connectivity index (χ2n) is 4.88. The van der Waals surface area contributed by atoms with Crippen molar-refractivity contribution in [3.8, 4) is 11.7 Å². The molecule has 2 N–H and O–H groups in total. The molecule has 0 saturated heterocycles. The molecular weight excluding hydrogens is 272 g/mol. The lowest BCUT2D eigenvalue weighted by Crippen LogP contribution is -2.28. The summed E-state index contributed by atoms with van der Waals surface area (Å²) in [5.41, 5.74) is 0.593. The predicted octanol–water partition coefficient (Wildman–Crippen LogP) is 2.06. The van der Waals surface area contributed by atoms with Gasteiger partial charge in [0.05, 0.1) is 24.5 Å². The summed E-state index contributed by atoms with van der Waals surface area (Å²) in [6.07, 6.45) is 2.56. The van der Waals surface area contributed by atoms with Crippen molar-refractivity contribution in [2.75, 3.05) is 6.54 Å². The molecule has 2 aromatic rings. The van der Waals surface area contributed by atoms with Gasteiger partial charge in [0.2, 0.25) is 5.91 Å². The Labute approximate surface area is 123 Å². The maximum Gasteiger partial charge on any atom is 0.263 e. The van der Waals surface area contributed by atoms with Gasteiger partial charge < -0.3 is 19.3 Å². The van der Waals surface area contributed by atoms with Crippen LogP contribution in [0.3, 0.4) is 0 Å². The van der Waals surface area contributed by atoms with Gasteiger partial charge in [0, 0.05) is 6.54 Å². The largest absolute Gasteiger partial charge is 0.459 e. The van der Waals surface area contributed by atoms with Crippen LogP contribution in [0.4, 0.5) is 0 Å². The van der Waals surface area contributed by atoms with Gasteiger partial charge in [-0.05, 0) is 31.9 Å². The summed E-state index contributed by atoms with van der Waals surface area (Å²) in [7, 11) is 0. The molecule has 0 spiro atoms. The van der Waals surface area contributed by atoms with Crippen molar-refractivity contribution < 1.29 is 18.7 Å². The van der Waals surface area contributed by atoms with Gasteiger partial charge in [-0.25, -0.2) is 4.98 Å². The first-order valence-corrected chi connectivity index (χ1v) is 7.05. The molecule has 1 unspecified atom stereocenters. The number of hydrogen-bond donors (Lipinski definition) is 2. The molecule has 0 aliphatic heterocycles. The maximum absolute atomic E-state index is 11.8. The van der Waals surface area contributed by atoms with Crippen LogP contribution in [0.5, 0.6) is 0 Å². The molecule has 2 rings (SSSR count). The Morgan fingerprint density at radius 3 is 3.00 bits per heavy atom. The Morgan fingerprint density at radius 1 is 1.52 bits per heavy atom. The van der Waals surface area contributed by atoms with Gasteiger partial charge in [0.1, 0.15) is 5.76 Å². The topological polar surface area (TPSA) is 88.5 Å². The Hall–Kier alpha value is -2.08. The van der Waals surface area contributed by atoms with Gasteiger partial charge in [-0.3, -0.25) is 4.79 Å². The molecule has 0 aliphatic rings. The fourth-order valence-electron chi connectivity index (χ4n) is 1.89. The standard InChI is InChI=1S/C15H20N2O4/c1-3-11(18)6-7-16-14(19)9-12-10(2)21-15(17-12)13-5-4-8-20-13/h4-5,8,11,18H,3,6-7,9H2,1-2H3,(H,16,19). The van der Waals surface area contributed by atoms with E-state index in [1.165, 1.54) is 0 Å². The number of aryl methyl sites for hydroxylation is 1. The third kappa shape index (κ3) is 4.19. The van der Waals surface area contributed by atoms with Crippen molar-refractivity contribution in [3.05, 3.63) is 29.9 Å². The normalized spacial score (nSPS) is 12.3. The fraction of sp³-hybridized carbons (Fsp3) is 0.467. The van der Waals surface area contributed by atoms with Gasteiger partial charge >= 0.3 is 0 Å². The van der Waals surface area contributed by atoms with Crippen molar-refractivity contribution in [2.24, 2.45) is 0 Å². The molecule has 2 aromatic heterocycles. The summed E-state index contributed by atoms with van der Waals surface area (Å²) in [6.45, 7) is 4.13. The van der Waals surface area contributed by atoms with E-state index in [4.69, 9.17) is 8.83 Å². The molecule has 6 nitrogen and oxygen atoms in total. The average molecular weight is 292 g/mol. The molecule has 21 heavy (non-hydrogen) atoms. The van der Waals surface area contributed by atoms with Crippen LogP contribution in [0.2, 0.25) is 0 Å². The number of hydrogen-bond acceptors (Lipinski definition) is 5. The van der Waals surface area contributed by atoms with E-state index in [9.17, 15) is 9.90 Å². The summed E-state index contributed by atoms with van der Waals surface area (Å²) in [4.78, 5) is 16.1. The van der Waals surface area contributed by atoms with Crippen LogP contribution in [0.15, 0.2) is 27.2 Å². The lowest BCUT2D eigenvalue weighted by atomic mass is 10.2. The number of carbonyl (C=O) groups excluding carboxylic acids is 1. The number of nitrogens with zero attached hydrogens (tertiary/aromatic N) is 1. The average Bonchev–Trinajstić information content (AvgIpc) is 3.09. The second-order valence-corrected chi connectivity index (χ2v) is 4.88. The third-order valence-electron chi connectivity index (χ3n) is 3.22. The Balaban J connectivity index is 1.89. The van der Waals surface area contributed by atoms with E-state index in [0.717, 1.165) is 0 Å². The van der Waals surface area contributed by atoms with Crippen LogP contribution in [0.1, 0.15) is 31.2 Å². The van der Waals surface area contributed by atoms with Crippen molar-refractivity contribution in [1.82, 2.24) is 10.3 Å². The van der Waals surface area contributed by atoms with Crippen LogP contribution in [0, 0.1) is 6.92 Å². The summed E-state index contributed by atoms with van der Waals surface area (Å²) < 4.78 is 10.7. The Bertz CT molecular complexity index is 575. The lowest BCUT2D eigenvalue weighted by Gasteiger charge is -2.08. The number of aliphatic hydroxyl groups is 1. The van der Waals surface area contributed by atoms with Crippen molar-refractivity contribution in [3.63, 3.8) is 0 Å². The number of furan rings is 1. The number of carbonyl (C=O) groups is 1. The highest BCUT2D eigenvalue weighted by atomic mass is 16.4. The zero-order valence-electron chi connectivity index (χ0n) is 12.3. The van der Waals surface area contributed by atoms with E-state index in [-0.39, 0.29) is 18.4 Å². The quantitative estimate of drug-likeness (QED) is 0.815. The van der Waals surface area contributed by atoms with Gasteiger partial charge in [-0.15, -0.1) is 0 Å². The number of rotatable bonds is 7. The molecule has 114 valence electrons. The van der Waals surface area contributed by atoms with Crippen molar-refractivity contribution >= 4 is 5.91 Å². The highest BCUT2D eigenvalue weighted by Gasteiger charge is 2.16. The zero-order chi connectivity index (χ0) is 15.2. The number of amides is 1. The summed E-state index contributed by atoms with van der Waals surface area (Å²) in [5, 5.41) is 12.2. The molecule has 0 fully saturated rings. The molecule has 0 aromatic carbocycles. The van der Waals surface area contributed by atoms with Gasteiger partial charge in [-0.2, -0.15) is 0 Å². The van der Waals surface area contributed by atoms with E-state index in [2.05, 4.69) is 10.3 Å². The molecule has 1 atom stereocenters. The van der Waals surface area contributed by atoms with Gasteiger partial charge in [-0.1, -0.05) is 6.92 Å². The van der Waals surface area contributed by atoms with Crippen LogP contribution in [0.25, 0.3) is 11.7 Å². The van der Waals surface area contributed by atoms with Crippen LogP contribution in [-0.2, 0) is 11.2 Å². The molecule has 2 heterocycles. The van der Waals surface area contributed by atoms with Crippen LogP contribution >= 0.6 is 0 Å². The SMILES string of the molecule is CCC(O)CCNC(=O)Cc1nc(-c2ccco2)oc1C. The van der Waals surface area contributed by atoms with Gasteiger partial charge in [0.15, 0.2) is 5.76 Å². The van der Waals surface area contributed by atoms with Gasteiger partial charge in [0.25, 0.3) is 5.89 Å². The fourth-order valence-corrected chi connectivity index (χ4v) is 1.89. The molecule has 0 radical (unpaired) electrons. The van der Waals surface area contributed by atoms with E-state index in [1.807, 2.05) is 6.92 Å². The number of aliphatic hydroxyl groups excluding tert-OH is 1. The van der Waals surface area contributed by atoms with E-state index < -0.39 is 0 Å². The molecule has 0 saturated carbocycles. The van der Waals surface area contributed by atoms with Crippen LogP contribution < -0.4 is 5.32 Å². The maximum atomic E-state index is 11.8. The minimum absolute atomic E-state index is 0.138. The molecular formula is C15H20N2O4. The Morgan fingerprint density at radius 2 is 2.33 bits per heavy atom. The highest BCUT2D eigenvalue weighted by Crippen LogP contribution is 2.22. The molecule has 6 heteroatoms. The minimum atomic E-state index is -0.371. The van der Waals surface area contributed by atoms with E-state index >= 15 is 0 Å². The zero-order valence-corrected chi connectivity index (χ0v) is 12.3.